The molecule has 2 aromatic carbocycles. The van der Waals surface area contributed by atoms with E-state index in [-0.39, 0.29) is 29.8 Å². The summed E-state index contributed by atoms with van der Waals surface area (Å²) in [5, 5.41) is 1.43. The van der Waals surface area contributed by atoms with Gasteiger partial charge in [-0.05, 0) is 62.5 Å². The fourth-order valence-electron chi connectivity index (χ4n) is 3.89. The van der Waals surface area contributed by atoms with Gasteiger partial charge in [0.2, 0.25) is 0 Å². The molecule has 1 fully saturated rings. The summed E-state index contributed by atoms with van der Waals surface area (Å²) < 4.78 is 6.83. The highest BCUT2D eigenvalue weighted by Gasteiger charge is 2.39. The number of rotatable bonds is 6. The van der Waals surface area contributed by atoms with Gasteiger partial charge in [0.1, 0.15) is 12.1 Å². The summed E-state index contributed by atoms with van der Waals surface area (Å²) in [6, 6.07) is 14.1. The Bertz CT molecular complexity index is 1330. The van der Waals surface area contributed by atoms with Crippen LogP contribution in [0.15, 0.2) is 60.3 Å². The number of thiocarbonyl (C=S) groups is 1. The number of ether oxygens (including phenoxy) is 1. The highest BCUT2D eigenvalue weighted by Crippen LogP contribution is 2.29. The molecule has 0 aliphatic carbocycles. The van der Waals surface area contributed by atoms with Gasteiger partial charge >= 0.3 is 5.97 Å². The van der Waals surface area contributed by atoms with Crippen molar-refractivity contribution in [1.29, 1.82) is 0 Å². The molecular weight excluding hydrogens is 474 g/mol. The van der Waals surface area contributed by atoms with Gasteiger partial charge in [0, 0.05) is 34.2 Å². The number of nitrogens with zero attached hydrogens (tertiary/aromatic N) is 3. The van der Waals surface area contributed by atoms with Crippen LogP contribution >= 0.6 is 23.8 Å². The van der Waals surface area contributed by atoms with Crippen LogP contribution < -0.4 is 4.90 Å². The van der Waals surface area contributed by atoms with Crippen molar-refractivity contribution in [3.05, 3.63) is 70.9 Å². The zero-order valence-corrected chi connectivity index (χ0v) is 20.2. The van der Waals surface area contributed by atoms with Gasteiger partial charge in [-0.25, -0.2) is 0 Å². The lowest BCUT2D eigenvalue weighted by Crippen LogP contribution is -2.56. The van der Waals surface area contributed by atoms with Crippen molar-refractivity contribution in [3.63, 3.8) is 0 Å². The molecule has 0 N–H and O–H groups in total. The standard InChI is InChI=1S/C25H22ClN3O4S/c1-3-28-23(31)20(24(32)29(25(28)34)18-11-9-17(26)10-12-18)13-16-14-27(15-22(30)33-4-2)21-8-6-5-7-19(16)21/h5-14H,3-4,15H2,1-2H3. The number of fused-ring (bicyclic) bond motifs is 1. The van der Waals surface area contributed by atoms with Crippen molar-refractivity contribution < 1.29 is 19.1 Å². The van der Waals surface area contributed by atoms with Gasteiger partial charge < -0.3 is 9.30 Å². The molecule has 174 valence electrons. The Balaban J connectivity index is 1.81. The summed E-state index contributed by atoms with van der Waals surface area (Å²) in [5.74, 6) is -1.36. The lowest BCUT2D eigenvalue weighted by atomic mass is 10.1. The zero-order valence-electron chi connectivity index (χ0n) is 18.7. The third-order valence-electron chi connectivity index (χ3n) is 5.46. The second kappa shape index (κ2) is 9.79. The van der Waals surface area contributed by atoms with Crippen molar-refractivity contribution in [1.82, 2.24) is 9.47 Å². The second-order valence-electron chi connectivity index (χ2n) is 7.54. The van der Waals surface area contributed by atoms with Crippen molar-refractivity contribution >= 4 is 69.4 Å². The molecule has 34 heavy (non-hydrogen) atoms. The van der Waals surface area contributed by atoms with Gasteiger partial charge in [-0.15, -0.1) is 0 Å². The van der Waals surface area contributed by atoms with Gasteiger partial charge in [-0.3, -0.25) is 24.2 Å². The number of aromatic nitrogens is 1. The molecule has 1 aliphatic rings. The molecule has 0 radical (unpaired) electrons. The van der Waals surface area contributed by atoms with E-state index >= 15 is 0 Å². The van der Waals surface area contributed by atoms with E-state index in [1.165, 1.54) is 9.80 Å². The average Bonchev–Trinajstić information content (AvgIpc) is 3.15. The SMILES string of the molecule is CCOC(=O)Cn1cc(C=C2C(=O)N(CC)C(=S)N(c3ccc(Cl)cc3)C2=O)c2ccccc21. The smallest absolute Gasteiger partial charge is 0.325 e. The Morgan fingerprint density at radius 3 is 2.44 bits per heavy atom. The summed E-state index contributed by atoms with van der Waals surface area (Å²) in [5.41, 5.74) is 1.91. The predicted molar refractivity (Wildman–Crippen MR) is 135 cm³/mol. The van der Waals surface area contributed by atoms with Crippen LogP contribution in [0.2, 0.25) is 5.02 Å². The maximum Gasteiger partial charge on any atom is 0.325 e. The maximum absolute atomic E-state index is 13.5. The molecule has 0 saturated carbocycles. The van der Waals surface area contributed by atoms with Gasteiger partial charge in [-0.2, -0.15) is 0 Å². The van der Waals surface area contributed by atoms with E-state index in [2.05, 4.69) is 0 Å². The van der Waals surface area contributed by atoms with Crippen LogP contribution in [0, 0.1) is 0 Å². The van der Waals surface area contributed by atoms with Crippen LogP contribution in [-0.2, 0) is 25.7 Å². The number of para-hydroxylation sites is 1. The van der Waals surface area contributed by atoms with Gasteiger partial charge in [0.25, 0.3) is 11.8 Å². The van der Waals surface area contributed by atoms with E-state index in [4.69, 9.17) is 28.6 Å². The van der Waals surface area contributed by atoms with Crippen molar-refractivity contribution in [2.75, 3.05) is 18.1 Å². The monoisotopic (exact) mass is 495 g/mol. The van der Waals surface area contributed by atoms with Gasteiger partial charge in [0.15, 0.2) is 5.11 Å². The predicted octanol–water partition coefficient (Wildman–Crippen LogP) is 4.42. The minimum Gasteiger partial charge on any atom is -0.465 e. The van der Waals surface area contributed by atoms with E-state index in [0.717, 1.165) is 10.9 Å². The molecule has 0 unspecified atom stereocenters. The summed E-state index contributed by atoms with van der Waals surface area (Å²) in [6.07, 6.45) is 3.30. The number of benzene rings is 2. The van der Waals surface area contributed by atoms with E-state index in [1.54, 1.807) is 55.0 Å². The molecule has 1 saturated heterocycles. The van der Waals surface area contributed by atoms with E-state index < -0.39 is 11.8 Å². The first-order chi connectivity index (χ1) is 16.3. The molecule has 0 bridgehead atoms. The van der Waals surface area contributed by atoms with Gasteiger partial charge in [0.05, 0.1) is 12.3 Å². The first-order valence-electron chi connectivity index (χ1n) is 10.8. The molecule has 0 atom stereocenters. The zero-order chi connectivity index (χ0) is 24.4. The fourth-order valence-corrected chi connectivity index (χ4v) is 4.42. The molecule has 9 heteroatoms. The van der Waals surface area contributed by atoms with Crippen molar-refractivity contribution in [3.8, 4) is 0 Å². The third kappa shape index (κ3) is 4.34. The molecule has 7 nitrogen and oxygen atoms in total. The molecule has 3 aromatic rings. The number of hydrogen-bond donors (Lipinski definition) is 0. The summed E-state index contributed by atoms with van der Waals surface area (Å²) in [6.45, 7) is 4.14. The summed E-state index contributed by atoms with van der Waals surface area (Å²) in [4.78, 5) is 41.6. The number of halogens is 1. The largest absolute Gasteiger partial charge is 0.465 e. The molecule has 1 aromatic heterocycles. The van der Waals surface area contributed by atoms with Crippen LogP contribution in [-0.4, -0.2) is 45.5 Å². The highest BCUT2D eigenvalue weighted by molar-refractivity contribution is 7.80. The highest BCUT2D eigenvalue weighted by atomic mass is 35.5. The Morgan fingerprint density at radius 1 is 1.06 bits per heavy atom. The van der Waals surface area contributed by atoms with E-state index in [9.17, 15) is 14.4 Å². The Labute approximate surface area is 207 Å². The quantitative estimate of drug-likeness (QED) is 0.219. The number of carbonyl (C=O) groups excluding carboxylic acids is 3. The van der Waals surface area contributed by atoms with Crippen LogP contribution in [0.4, 0.5) is 5.69 Å². The van der Waals surface area contributed by atoms with E-state index in [1.807, 2.05) is 24.3 Å². The van der Waals surface area contributed by atoms with Crippen LogP contribution in [0.1, 0.15) is 19.4 Å². The summed E-state index contributed by atoms with van der Waals surface area (Å²) in [7, 11) is 0. The molecular formula is C25H22ClN3O4S. The van der Waals surface area contributed by atoms with Gasteiger partial charge in [-0.1, -0.05) is 29.8 Å². The number of amides is 2. The summed E-state index contributed by atoms with van der Waals surface area (Å²) >= 11 is 11.5. The number of likely N-dealkylation sites (N-methyl/N-ethyl adjacent to an activating group) is 1. The fraction of sp³-hybridized carbons (Fsp3) is 0.200. The van der Waals surface area contributed by atoms with Crippen molar-refractivity contribution in [2.24, 2.45) is 0 Å². The lowest BCUT2D eigenvalue weighted by Gasteiger charge is -2.36. The van der Waals surface area contributed by atoms with Crippen molar-refractivity contribution in [2.45, 2.75) is 20.4 Å². The lowest BCUT2D eigenvalue weighted by molar-refractivity contribution is -0.143. The number of esters is 1. The molecule has 4 rings (SSSR count). The van der Waals surface area contributed by atoms with Crippen LogP contribution in [0.25, 0.3) is 17.0 Å². The first-order valence-corrected chi connectivity index (χ1v) is 11.5. The number of carbonyl (C=O) groups is 3. The maximum atomic E-state index is 13.5. The second-order valence-corrected chi connectivity index (χ2v) is 8.34. The number of hydrogen-bond acceptors (Lipinski definition) is 5. The Kier molecular flexibility index (Phi) is 6.81. The van der Waals surface area contributed by atoms with E-state index in [0.29, 0.717) is 22.8 Å². The number of anilines is 1. The minimum absolute atomic E-state index is 0.0154. The Hall–Kier alpha value is -3.49. The Morgan fingerprint density at radius 2 is 1.76 bits per heavy atom. The molecule has 1 aliphatic heterocycles. The average molecular weight is 496 g/mol. The minimum atomic E-state index is -0.524. The first kappa shape index (κ1) is 23.7. The molecule has 2 heterocycles. The van der Waals surface area contributed by atoms with Crippen LogP contribution in [0.5, 0.6) is 0 Å². The normalized spacial score (nSPS) is 15.5. The van der Waals surface area contributed by atoms with Crippen LogP contribution in [0.3, 0.4) is 0 Å². The molecule has 2 amide bonds. The molecule has 0 spiro atoms. The third-order valence-corrected chi connectivity index (χ3v) is 6.11. The topological polar surface area (TPSA) is 71.8 Å².